The number of nitrogens with zero attached hydrogens (tertiary/aromatic N) is 3. The van der Waals surface area contributed by atoms with Crippen LogP contribution in [0.15, 0.2) is 6.20 Å². The lowest BCUT2D eigenvalue weighted by molar-refractivity contribution is -0.138. The van der Waals surface area contributed by atoms with E-state index in [4.69, 9.17) is 5.11 Å². The molecule has 0 aliphatic rings. The van der Waals surface area contributed by atoms with Crippen LogP contribution in [-0.2, 0) is 22.7 Å². The molecule has 1 amide bonds. The van der Waals surface area contributed by atoms with Crippen LogP contribution in [0, 0.1) is 0 Å². The Morgan fingerprint density at radius 3 is 2.89 bits per heavy atom. The summed E-state index contributed by atoms with van der Waals surface area (Å²) in [6.07, 6.45) is 5.03. The van der Waals surface area contributed by atoms with Crippen LogP contribution in [0.1, 0.15) is 38.3 Å². The van der Waals surface area contributed by atoms with Crippen molar-refractivity contribution in [2.24, 2.45) is 0 Å². The van der Waals surface area contributed by atoms with Gasteiger partial charge in [-0.15, -0.1) is 5.10 Å². The molecule has 1 heterocycles. The molecule has 0 fully saturated rings. The minimum Gasteiger partial charge on any atom is -0.480 e. The van der Waals surface area contributed by atoms with Gasteiger partial charge in [0.05, 0.1) is 12.7 Å². The Morgan fingerprint density at radius 1 is 1.44 bits per heavy atom. The van der Waals surface area contributed by atoms with Crippen molar-refractivity contribution in [3.63, 3.8) is 0 Å². The summed E-state index contributed by atoms with van der Waals surface area (Å²) in [6, 6.07) is 0. The Kier molecular flexibility index (Phi) is 5.83. The highest BCUT2D eigenvalue weighted by atomic mass is 16.4. The van der Waals surface area contributed by atoms with E-state index < -0.39 is 5.97 Å². The molecular formula is C11H18N4O3. The highest BCUT2D eigenvalue weighted by Crippen LogP contribution is 1.99. The van der Waals surface area contributed by atoms with Crippen molar-refractivity contribution in [3.05, 3.63) is 11.9 Å². The zero-order valence-corrected chi connectivity index (χ0v) is 10.4. The lowest BCUT2D eigenvalue weighted by Crippen LogP contribution is -2.22. The third kappa shape index (κ3) is 5.42. The molecule has 7 nitrogen and oxygen atoms in total. The summed E-state index contributed by atoms with van der Waals surface area (Å²) in [5, 5.41) is 18.7. The molecule has 0 radical (unpaired) electrons. The summed E-state index contributed by atoms with van der Waals surface area (Å²) >= 11 is 0. The molecule has 1 aromatic heterocycles. The van der Waals surface area contributed by atoms with E-state index in [1.807, 2.05) is 0 Å². The highest BCUT2D eigenvalue weighted by Gasteiger charge is 2.06. The summed E-state index contributed by atoms with van der Waals surface area (Å²) < 4.78 is 1.22. The molecule has 100 valence electrons. The second-order valence-corrected chi connectivity index (χ2v) is 4.04. The molecule has 0 saturated carbocycles. The van der Waals surface area contributed by atoms with Crippen LogP contribution < -0.4 is 5.32 Å². The van der Waals surface area contributed by atoms with Crippen LogP contribution in [0.25, 0.3) is 0 Å². The van der Waals surface area contributed by atoms with Crippen LogP contribution in [0.4, 0.5) is 0 Å². The van der Waals surface area contributed by atoms with E-state index in [9.17, 15) is 9.59 Å². The molecular weight excluding hydrogens is 236 g/mol. The van der Waals surface area contributed by atoms with Crippen molar-refractivity contribution in [3.8, 4) is 0 Å². The fourth-order valence-electron chi connectivity index (χ4n) is 1.45. The number of aromatic nitrogens is 3. The number of rotatable bonds is 8. The zero-order chi connectivity index (χ0) is 13.4. The van der Waals surface area contributed by atoms with Gasteiger partial charge in [-0.1, -0.05) is 25.0 Å². The average Bonchev–Trinajstić information content (AvgIpc) is 2.73. The fourth-order valence-corrected chi connectivity index (χ4v) is 1.45. The van der Waals surface area contributed by atoms with E-state index in [1.54, 1.807) is 0 Å². The number of carboxylic acids is 1. The predicted molar refractivity (Wildman–Crippen MR) is 63.6 cm³/mol. The number of hydrogen-bond acceptors (Lipinski definition) is 4. The van der Waals surface area contributed by atoms with Crippen LogP contribution in [-0.4, -0.2) is 32.0 Å². The van der Waals surface area contributed by atoms with Gasteiger partial charge >= 0.3 is 5.97 Å². The first-order chi connectivity index (χ1) is 8.61. The Labute approximate surface area is 105 Å². The molecule has 0 saturated heterocycles. The number of carbonyl (C=O) groups excluding carboxylic acids is 1. The van der Waals surface area contributed by atoms with Gasteiger partial charge in [-0.3, -0.25) is 9.59 Å². The van der Waals surface area contributed by atoms with Gasteiger partial charge in [-0.2, -0.15) is 0 Å². The maximum absolute atomic E-state index is 11.4. The summed E-state index contributed by atoms with van der Waals surface area (Å²) in [7, 11) is 0. The molecule has 2 N–H and O–H groups in total. The molecule has 0 atom stereocenters. The first kappa shape index (κ1) is 14.1. The Morgan fingerprint density at radius 2 is 2.22 bits per heavy atom. The quantitative estimate of drug-likeness (QED) is 0.661. The number of unbranched alkanes of at least 4 members (excludes halogenated alkanes) is 2. The zero-order valence-electron chi connectivity index (χ0n) is 10.4. The molecule has 0 aromatic carbocycles. The van der Waals surface area contributed by atoms with E-state index in [1.165, 1.54) is 10.9 Å². The van der Waals surface area contributed by atoms with Gasteiger partial charge in [0.2, 0.25) is 5.91 Å². The number of carboxylic acid groups (broad SMARTS) is 1. The second-order valence-electron chi connectivity index (χ2n) is 4.04. The standard InChI is InChI=1S/C11H18N4O3/c1-2-3-4-5-10(16)12-6-9-7-15(14-13-9)8-11(17)18/h7H,2-6,8H2,1H3,(H,12,16)(H,17,18). The van der Waals surface area contributed by atoms with Crippen molar-refractivity contribution in [2.75, 3.05) is 0 Å². The fraction of sp³-hybridized carbons (Fsp3) is 0.636. The number of amides is 1. The maximum atomic E-state index is 11.4. The van der Waals surface area contributed by atoms with Gasteiger partial charge in [0.1, 0.15) is 12.2 Å². The molecule has 0 bridgehead atoms. The molecule has 7 heteroatoms. The molecule has 1 rings (SSSR count). The molecule has 18 heavy (non-hydrogen) atoms. The van der Waals surface area contributed by atoms with Gasteiger partial charge < -0.3 is 10.4 Å². The lowest BCUT2D eigenvalue weighted by Gasteiger charge is -2.01. The first-order valence-corrected chi connectivity index (χ1v) is 5.99. The van der Waals surface area contributed by atoms with Crippen molar-refractivity contribution in [1.29, 1.82) is 0 Å². The molecule has 1 aromatic rings. The van der Waals surface area contributed by atoms with Crippen LogP contribution in [0.5, 0.6) is 0 Å². The summed E-state index contributed by atoms with van der Waals surface area (Å²) in [4.78, 5) is 21.8. The van der Waals surface area contributed by atoms with E-state index in [-0.39, 0.29) is 19.0 Å². The normalized spacial score (nSPS) is 10.3. The van der Waals surface area contributed by atoms with Crippen LogP contribution in [0.2, 0.25) is 0 Å². The Bertz CT molecular complexity index is 403. The van der Waals surface area contributed by atoms with Gasteiger partial charge in [0.25, 0.3) is 0 Å². The average molecular weight is 254 g/mol. The third-order valence-corrected chi connectivity index (χ3v) is 2.36. The minimum atomic E-state index is -0.977. The van der Waals surface area contributed by atoms with Gasteiger partial charge in [0, 0.05) is 6.42 Å². The van der Waals surface area contributed by atoms with Gasteiger partial charge in [-0.25, -0.2) is 4.68 Å². The summed E-state index contributed by atoms with van der Waals surface area (Å²) in [5.41, 5.74) is 0.556. The third-order valence-electron chi connectivity index (χ3n) is 2.36. The largest absolute Gasteiger partial charge is 0.480 e. The molecule has 0 aliphatic carbocycles. The first-order valence-electron chi connectivity index (χ1n) is 5.99. The smallest absolute Gasteiger partial charge is 0.325 e. The van der Waals surface area contributed by atoms with Crippen LogP contribution in [0.3, 0.4) is 0 Å². The SMILES string of the molecule is CCCCCC(=O)NCc1cn(CC(=O)O)nn1. The topological polar surface area (TPSA) is 97.1 Å². The maximum Gasteiger partial charge on any atom is 0.325 e. The summed E-state index contributed by atoms with van der Waals surface area (Å²) in [6.45, 7) is 2.14. The Hall–Kier alpha value is -1.92. The lowest BCUT2D eigenvalue weighted by atomic mass is 10.2. The summed E-state index contributed by atoms with van der Waals surface area (Å²) in [5.74, 6) is -0.994. The Balaban J connectivity index is 2.28. The van der Waals surface area contributed by atoms with Crippen molar-refractivity contribution in [1.82, 2.24) is 20.3 Å². The number of carbonyl (C=O) groups is 2. The molecule has 0 unspecified atom stereocenters. The second kappa shape index (κ2) is 7.41. The monoisotopic (exact) mass is 254 g/mol. The van der Waals surface area contributed by atoms with E-state index in [0.717, 1.165) is 19.3 Å². The van der Waals surface area contributed by atoms with Gasteiger partial charge in [0.15, 0.2) is 0 Å². The number of nitrogens with one attached hydrogen (secondary N) is 1. The van der Waals surface area contributed by atoms with Gasteiger partial charge in [-0.05, 0) is 6.42 Å². The van der Waals surface area contributed by atoms with E-state index in [0.29, 0.717) is 12.1 Å². The predicted octanol–water partition coefficient (Wildman–Crippen LogP) is 0.559. The molecule has 0 spiro atoms. The molecule has 0 aliphatic heterocycles. The van der Waals surface area contributed by atoms with Crippen molar-refractivity contribution in [2.45, 2.75) is 45.7 Å². The minimum absolute atomic E-state index is 0.0174. The van der Waals surface area contributed by atoms with Crippen LogP contribution >= 0.6 is 0 Å². The van der Waals surface area contributed by atoms with Crippen molar-refractivity contribution >= 4 is 11.9 Å². The number of hydrogen-bond donors (Lipinski definition) is 2. The van der Waals surface area contributed by atoms with E-state index in [2.05, 4.69) is 22.6 Å². The van der Waals surface area contributed by atoms with Crippen molar-refractivity contribution < 1.29 is 14.7 Å². The number of aliphatic carboxylic acids is 1. The highest BCUT2D eigenvalue weighted by molar-refractivity contribution is 5.75. The van der Waals surface area contributed by atoms with E-state index >= 15 is 0 Å².